The smallest absolute Gasteiger partial charge is 0.257 e. The van der Waals surface area contributed by atoms with Gasteiger partial charge in [0.25, 0.3) is 5.91 Å². The van der Waals surface area contributed by atoms with E-state index in [9.17, 15) is 4.79 Å². The highest BCUT2D eigenvalue weighted by molar-refractivity contribution is 6.30. The van der Waals surface area contributed by atoms with Crippen molar-refractivity contribution in [2.75, 3.05) is 13.1 Å². The van der Waals surface area contributed by atoms with Gasteiger partial charge in [-0.15, -0.1) is 0 Å². The molecule has 1 amide bonds. The van der Waals surface area contributed by atoms with Gasteiger partial charge in [-0.2, -0.15) is 5.10 Å². The number of benzene rings is 2. The predicted molar refractivity (Wildman–Crippen MR) is 98.7 cm³/mol. The maximum absolute atomic E-state index is 13.0. The van der Waals surface area contributed by atoms with Crippen molar-refractivity contribution in [1.82, 2.24) is 15.1 Å². The summed E-state index contributed by atoms with van der Waals surface area (Å²) in [6, 6.07) is 17.7. The lowest BCUT2D eigenvalue weighted by Gasteiger charge is -2.17. The molecule has 0 bridgehead atoms. The highest BCUT2D eigenvalue weighted by Gasteiger charge is 2.30. The molecule has 0 unspecified atom stereocenters. The van der Waals surface area contributed by atoms with Gasteiger partial charge in [0.2, 0.25) is 0 Å². The van der Waals surface area contributed by atoms with E-state index in [1.807, 2.05) is 53.4 Å². The predicted octanol–water partition coefficient (Wildman–Crippen LogP) is 4.36. The number of likely N-dealkylation sites (tertiary alicyclic amines) is 1. The molecule has 2 aromatic carbocycles. The molecule has 0 spiro atoms. The standard InChI is InChI=1S/C20H18ClN3O/c21-17-8-4-7-15(11-17)16-9-10-24(13-16)20(25)18-12-22-23-19(18)14-5-2-1-3-6-14/h1-8,11-12,16H,9-10,13H2,(H,22,23)/t16-/m1/s1. The third-order valence-corrected chi connectivity index (χ3v) is 4.96. The molecule has 1 N–H and O–H groups in total. The summed E-state index contributed by atoms with van der Waals surface area (Å²) in [7, 11) is 0. The van der Waals surface area contributed by atoms with E-state index in [1.165, 1.54) is 5.56 Å². The average Bonchev–Trinajstić information content (AvgIpc) is 3.32. The number of carbonyl (C=O) groups excluding carboxylic acids is 1. The molecule has 1 aliphatic heterocycles. The lowest BCUT2D eigenvalue weighted by atomic mass is 9.99. The van der Waals surface area contributed by atoms with Crippen LogP contribution in [0, 0.1) is 0 Å². The second-order valence-electron chi connectivity index (χ2n) is 6.32. The van der Waals surface area contributed by atoms with Crippen molar-refractivity contribution in [2.24, 2.45) is 0 Å². The minimum absolute atomic E-state index is 0.0251. The zero-order valence-corrected chi connectivity index (χ0v) is 14.4. The molecular formula is C20H18ClN3O. The minimum atomic E-state index is 0.0251. The van der Waals surface area contributed by atoms with Crippen LogP contribution < -0.4 is 0 Å². The zero-order chi connectivity index (χ0) is 17.2. The Balaban J connectivity index is 1.54. The highest BCUT2D eigenvalue weighted by atomic mass is 35.5. The number of H-pyrrole nitrogens is 1. The molecule has 4 rings (SSSR count). The van der Waals surface area contributed by atoms with E-state index in [4.69, 9.17) is 11.6 Å². The van der Waals surface area contributed by atoms with Gasteiger partial charge in [-0.25, -0.2) is 0 Å². The van der Waals surface area contributed by atoms with Crippen molar-refractivity contribution >= 4 is 17.5 Å². The summed E-state index contributed by atoms with van der Waals surface area (Å²) >= 11 is 6.10. The van der Waals surface area contributed by atoms with Gasteiger partial charge in [0, 0.05) is 29.6 Å². The van der Waals surface area contributed by atoms with Crippen molar-refractivity contribution in [1.29, 1.82) is 0 Å². The molecule has 25 heavy (non-hydrogen) atoms. The highest BCUT2D eigenvalue weighted by Crippen LogP contribution is 2.31. The first-order valence-electron chi connectivity index (χ1n) is 8.36. The molecule has 0 radical (unpaired) electrons. The summed E-state index contributed by atoms with van der Waals surface area (Å²) in [6.07, 6.45) is 2.57. The topological polar surface area (TPSA) is 49.0 Å². The summed E-state index contributed by atoms with van der Waals surface area (Å²) in [5, 5.41) is 7.79. The SMILES string of the molecule is O=C(c1cn[nH]c1-c1ccccc1)N1CC[C@@H](c2cccc(Cl)c2)C1. The summed E-state index contributed by atoms with van der Waals surface area (Å²) in [6.45, 7) is 1.45. The Morgan fingerprint density at radius 1 is 1.16 bits per heavy atom. The third-order valence-electron chi connectivity index (χ3n) is 4.73. The number of amides is 1. The molecule has 1 atom stereocenters. The second-order valence-corrected chi connectivity index (χ2v) is 6.75. The number of carbonyl (C=O) groups is 1. The average molecular weight is 352 g/mol. The number of nitrogens with one attached hydrogen (secondary N) is 1. The summed E-state index contributed by atoms with van der Waals surface area (Å²) in [5.74, 6) is 0.354. The van der Waals surface area contributed by atoms with Crippen LogP contribution in [0.2, 0.25) is 5.02 Å². The molecule has 5 heteroatoms. The van der Waals surface area contributed by atoms with Crippen LogP contribution in [0.3, 0.4) is 0 Å². The Labute approximate surface area is 151 Å². The number of halogens is 1. The van der Waals surface area contributed by atoms with Crippen molar-refractivity contribution in [3.63, 3.8) is 0 Å². The van der Waals surface area contributed by atoms with E-state index in [1.54, 1.807) is 6.20 Å². The third kappa shape index (κ3) is 3.17. The molecule has 3 aromatic rings. The monoisotopic (exact) mass is 351 g/mol. The number of aromatic nitrogens is 2. The van der Waals surface area contributed by atoms with Crippen molar-refractivity contribution in [2.45, 2.75) is 12.3 Å². The first-order valence-corrected chi connectivity index (χ1v) is 8.73. The number of hydrogen-bond acceptors (Lipinski definition) is 2. The van der Waals surface area contributed by atoms with Crippen LogP contribution in [0.15, 0.2) is 60.8 Å². The first kappa shape index (κ1) is 15.9. The van der Waals surface area contributed by atoms with Crippen LogP contribution in [0.4, 0.5) is 0 Å². The number of hydrogen-bond donors (Lipinski definition) is 1. The lowest BCUT2D eigenvalue weighted by Crippen LogP contribution is -2.28. The van der Waals surface area contributed by atoms with E-state index in [0.29, 0.717) is 18.0 Å². The Kier molecular flexibility index (Phi) is 4.28. The molecule has 4 nitrogen and oxygen atoms in total. The van der Waals surface area contributed by atoms with Crippen LogP contribution in [-0.4, -0.2) is 34.1 Å². The van der Waals surface area contributed by atoms with Gasteiger partial charge >= 0.3 is 0 Å². The van der Waals surface area contributed by atoms with E-state index in [-0.39, 0.29) is 5.91 Å². The first-order chi connectivity index (χ1) is 12.2. The van der Waals surface area contributed by atoms with Crippen LogP contribution in [0.25, 0.3) is 11.3 Å². The Morgan fingerprint density at radius 2 is 2.00 bits per heavy atom. The number of rotatable bonds is 3. The molecule has 1 aromatic heterocycles. The summed E-state index contributed by atoms with van der Waals surface area (Å²) < 4.78 is 0. The van der Waals surface area contributed by atoms with Gasteiger partial charge in [0.05, 0.1) is 17.5 Å². The van der Waals surface area contributed by atoms with Crippen molar-refractivity contribution < 1.29 is 4.79 Å². The summed E-state index contributed by atoms with van der Waals surface area (Å²) in [4.78, 5) is 14.9. The van der Waals surface area contributed by atoms with Crippen LogP contribution in [-0.2, 0) is 0 Å². The fraction of sp³-hybridized carbons (Fsp3) is 0.200. The summed E-state index contributed by atoms with van der Waals surface area (Å²) in [5.41, 5.74) is 3.56. The fourth-order valence-corrected chi connectivity index (χ4v) is 3.62. The Bertz CT molecular complexity index is 891. The van der Waals surface area contributed by atoms with Crippen molar-refractivity contribution in [3.05, 3.63) is 76.9 Å². The number of aromatic amines is 1. The van der Waals surface area contributed by atoms with Gasteiger partial charge in [0.15, 0.2) is 0 Å². The molecule has 1 fully saturated rings. The fourth-order valence-electron chi connectivity index (χ4n) is 3.42. The van der Waals surface area contributed by atoms with Gasteiger partial charge in [-0.3, -0.25) is 9.89 Å². The van der Waals surface area contributed by atoms with Gasteiger partial charge in [0.1, 0.15) is 0 Å². The van der Waals surface area contributed by atoms with E-state index in [0.717, 1.165) is 29.2 Å². The van der Waals surface area contributed by atoms with E-state index in [2.05, 4.69) is 16.3 Å². The molecule has 1 saturated heterocycles. The molecular weight excluding hydrogens is 334 g/mol. The van der Waals surface area contributed by atoms with Gasteiger partial charge in [-0.1, -0.05) is 54.1 Å². The Hall–Kier alpha value is -2.59. The molecule has 0 aliphatic carbocycles. The Morgan fingerprint density at radius 3 is 2.80 bits per heavy atom. The lowest BCUT2D eigenvalue weighted by molar-refractivity contribution is 0.0791. The minimum Gasteiger partial charge on any atom is -0.338 e. The number of nitrogens with zero attached hydrogens (tertiary/aromatic N) is 2. The second kappa shape index (κ2) is 6.73. The molecule has 2 heterocycles. The molecule has 126 valence electrons. The van der Waals surface area contributed by atoms with E-state index >= 15 is 0 Å². The van der Waals surface area contributed by atoms with Gasteiger partial charge < -0.3 is 4.90 Å². The van der Waals surface area contributed by atoms with Crippen LogP contribution in [0.1, 0.15) is 28.3 Å². The molecule has 1 aliphatic rings. The normalized spacial score (nSPS) is 17.0. The maximum atomic E-state index is 13.0. The zero-order valence-electron chi connectivity index (χ0n) is 13.7. The van der Waals surface area contributed by atoms with Crippen LogP contribution in [0.5, 0.6) is 0 Å². The molecule has 0 saturated carbocycles. The quantitative estimate of drug-likeness (QED) is 0.762. The van der Waals surface area contributed by atoms with Crippen LogP contribution >= 0.6 is 11.6 Å². The largest absolute Gasteiger partial charge is 0.338 e. The van der Waals surface area contributed by atoms with Crippen molar-refractivity contribution in [3.8, 4) is 11.3 Å². The van der Waals surface area contributed by atoms with Gasteiger partial charge in [-0.05, 0) is 24.1 Å². The maximum Gasteiger partial charge on any atom is 0.257 e. The van der Waals surface area contributed by atoms with E-state index < -0.39 is 0 Å².